The van der Waals surface area contributed by atoms with Crippen LogP contribution in [0.1, 0.15) is 6.42 Å². The van der Waals surface area contributed by atoms with E-state index >= 15 is 0 Å². The van der Waals surface area contributed by atoms with E-state index in [-0.39, 0.29) is 5.69 Å². The molecule has 4 aromatic rings. The van der Waals surface area contributed by atoms with Crippen LogP contribution in [0.5, 0.6) is 0 Å². The lowest BCUT2D eigenvalue weighted by Gasteiger charge is -2.11. The molecule has 154 valence electrons. The number of rotatable bonds is 6. The van der Waals surface area contributed by atoms with Gasteiger partial charge in [0.25, 0.3) is 0 Å². The first-order valence-corrected chi connectivity index (χ1v) is 10.7. The van der Waals surface area contributed by atoms with Gasteiger partial charge in [0.1, 0.15) is 11.5 Å². The molecule has 0 aliphatic carbocycles. The van der Waals surface area contributed by atoms with Crippen LogP contribution < -0.4 is 4.80 Å². The number of imidazole rings is 1. The fraction of sp³-hybridized carbons (Fsp3) is 0.143. The number of benzene rings is 2. The third kappa shape index (κ3) is 4.64. The highest BCUT2D eigenvalue weighted by Crippen LogP contribution is 2.31. The molecule has 9 heteroatoms. The molecule has 0 saturated carbocycles. The zero-order chi connectivity index (χ0) is 21.1. The first-order chi connectivity index (χ1) is 14.5. The van der Waals surface area contributed by atoms with Crippen LogP contribution in [0, 0.1) is 11.6 Å². The van der Waals surface area contributed by atoms with Gasteiger partial charge in [-0.3, -0.25) is 0 Å². The van der Waals surface area contributed by atoms with Crippen molar-refractivity contribution in [3.63, 3.8) is 0 Å². The summed E-state index contributed by atoms with van der Waals surface area (Å²) in [7, 11) is 0. The van der Waals surface area contributed by atoms with E-state index in [4.69, 9.17) is 23.2 Å². The molecule has 2 aromatic carbocycles. The lowest BCUT2D eigenvalue weighted by atomic mass is 10.1. The second-order valence-electron chi connectivity index (χ2n) is 6.54. The van der Waals surface area contributed by atoms with Crippen molar-refractivity contribution in [1.82, 2.24) is 14.1 Å². The highest BCUT2D eigenvalue weighted by molar-refractivity contribution is 7.07. The van der Waals surface area contributed by atoms with Crippen LogP contribution in [-0.2, 0) is 13.1 Å². The molecule has 0 unspecified atom stereocenters. The maximum absolute atomic E-state index is 14.2. The van der Waals surface area contributed by atoms with Gasteiger partial charge in [-0.1, -0.05) is 23.2 Å². The van der Waals surface area contributed by atoms with E-state index < -0.39 is 11.6 Å². The molecular weight excluding hydrogens is 449 g/mol. The molecule has 0 aliphatic rings. The van der Waals surface area contributed by atoms with Crippen LogP contribution in [-0.4, -0.2) is 14.1 Å². The SMILES string of the molecule is Fc1ccc(N=c2scc(-c3ccc(Cl)cc3Cl)n2CCCn2ccnc2)c(F)c1. The van der Waals surface area contributed by atoms with Gasteiger partial charge in [0.2, 0.25) is 0 Å². The minimum atomic E-state index is -0.709. The summed E-state index contributed by atoms with van der Waals surface area (Å²) >= 11 is 13.8. The quantitative estimate of drug-likeness (QED) is 0.328. The Kier molecular flexibility index (Phi) is 6.32. The molecular formula is C21H16Cl2F2N4S. The van der Waals surface area contributed by atoms with Crippen LogP contribution in [0.4, 0.5) is 14.5 Å². The fourth-order valence-electron chi connectivity index (χ4n) is 3.05. The first-order valence-electron chi connectivity index (χ1n) is 9.10. The van der Waals surface area contributed by atoms with Crippen molar-refractivity contribution < 1.29 is 8.78 Å². The molecule has 2 aromatic heterocycles. The normalized spacial score (nSPS) is 11.9. The van der Waals surface area contributed by atoms with E-state index in [9.17, 15) is 8.78 Å². The molecule has 0 aliphatic heterocycles. The standard InChI is InChI=1S/C21H16Cl2F2N4S/c22-14-2-4-16(17(23)10-14)20-12-30-21(27-19-5-3-15(24)11-18(19)25)29(20)8-1-7-28-9-6-26-13-28/h2-6,9-13H,1,7-8H2. The minimum Gasteiger partial charge on any atom is -0.337 e. The Bertz CT molecular complexity index is 1230. The first kappa shape index (κ1) is 20.8. The Hall–Kier alpha value is -2.48. The summed E-state index contributed by atoms with van der Waals surface area (Å²) in [5.41, 5.74) is 1.74. The van der Waals surface area contributed by atoms with Gasteiger partial charge in [0.15, 0.2) is 10.6 Å². The van der Waals surface area contributed by atoms with E-state index in [0.29, 0.717) is 21.4 Å². The molecule has 30 heavy (non-hydrogen) atoms. The molecule has 0 radical (unpaired) electrons. The lowest BCUT2D eigenvalue weighted by Crippen LogP contribution is -2.17. The predicted octanol–water partition coefficient (Wildman–Crippen LogP) is 6.32. The van der Waals surface area contributed by atoms with Crippen LogP contribution in [0.25, 0.3) is 11.3 Å². The highest BCUT2D eigenvalue weighted by Gasteiger charge is 2.13. The van der Waals surface area contributed by atoms with Crippen molar-refractivity contribution in [2.75, 3.05) is 0 Å². The number of halogens is 4. The average molecular weight is 465 g/mol. The maximum atomic E-state index is 14.2. The molecule has 0 saturated heterocycles. The zero-order valence-electron chi connectivity index (χ0n) is 15.6. The summed E-state index contributed by atoms with van der Waals surface area (Å²) in [6.45, 7) is 1.39. The Balaban J connectivity index is 1.75. The summed E-state index contributed by atoms with van der Waals surface area (Å²) in [4.78, 5) is 9.08. The maximum Gasteiger partial charge on any atom is 0.190 e. The van der Waals surface area contributed by atoms with Gasteiger partial charge in [-0.15, -0.1) is 11.3 Å². The second kappa shape index (κ2) is 9.12. The summed E-state index contributed by atoms with van der Waals surface area (Å²) in [6.07, 6.45) is 6.18. The van der Waals surface area contributed by atoms with Crippen LogP contribution in [0.3, 0.4) is 0 Å². The van der Waals surface area contributed by atoms with Crippen molar-refractivity contribution in [1.29, 1.82) is 0 Å². The van der Waals surface area contributed by atoms with Gasteiger partial charge >= 0.3 is 0 Å². The Morgan fingerprint density at radius 1 is 1.07 bits per heavy atom. The fourth-order valence-corrected chi connectivity index (χ4v) is 4.50. The summed E-state index contributed by atoms with van der Waals surface area (Å²) in [6, 6.07) is 8.65. The van der Waals surface area contributed by atoms with Gasteiger partial charge in [0, 0.05) is 47.5 Å². The Morgan fingerprint density at radius 3 is 2.67 bits per heavy atom. The number of thiazole rings is 1. The Morgan fingerprint density at radius 2 is 1.93 bits per heavy atom. The van der Waals surface area contributed by atoms with E-state index in [1.165, 1.54) is 23.5 Å². The van der Waals surface area contributed by atoms with E-state index in [1.54, 1.807) is 24.7 Å². The van der Waals surface area contributed by atoms with Crippen molar-refractivity contribution in [3.8, 4) is 11.3 Å². The van der Waals surface area contributed by atoms with Crippen molar-refractivity contribution in [3.05, 3.63) is 87.0 Å². The molecule has 4 nitrogen and oxygen atoms in total. The molecule has 0 atom stereocenters. The summed E-state index contributed by atoms with van der Waals surface area (Å²) < 4.78 is 31.4. The topological polar surface area (TPSA) is 35.1 Å². The third-order valence-electron chi connectivity index (χ3n) is 4.49. The smallest absolute Gasteiger partial charge is 0.190 e. The largest absolute Gasteiger partial charge is 0.337 e. The molecule has 0 N–H and O–H groups in total. The third-order valence-corrected chi connectivity index (χ3v) is 5.90. The van der Waals surface area contributed by atoms with E-state index in [0.717, 1.165) is 30.3 Å². The number of hydrogen-bond acceptors (Lipinski definition) is 3. The summed E-state index contributed by atoms with van der Waals surface area (Å²) in [5.74, 6) is -1.35. The average Bonchev–Trinajstić information content (AvgIpc) is 3.35. The monoisotopic (exact) mass is 464 g/mol. The van der Waals surface area contributed by atoms with E-state index in [2.05, 4.69) is 9.98 Å². The van der Waals surface area contributed by atoms with Gasteiger partial charge in [-0.05, 0) is 36.8 Å². The number of aryl methyl sites for hydroxylation is 1. The molecule has 0 spiro atoms. The second-order valence-corrected chi connectivity index (χ2v) is 8.22. The molecule has 0 fully saturated rings. The van der Waals surface area contributed by atoms with Crippen molar-refractivity contribution in [2.24, 2.45) is 4.99 Å². The molecule has 4 rings (SSSR count). The van der Waals surface area contributed by atoms with Gasteiger partial charge in [-0.2, -0.15) is 0 Å². The zero-order valence-corrected chi connectivity index (χ0v) is 17.9. The van der Waals surface area contributed by atoms with Gasteiger partial charge < -0.3 is 9.13 Å². The Labute approximate surface area is 185 Å². The van der Waals surface area contributed by atoms with Crippen LogP contribution in [0.15, 0.2) is 65.5 Å². The number of aromatic nitrogens is 3. The molecule has 0 bridgehead atoms. The highest BCUT2D eigenvalue weighted by atomic mass is 35.5. The van der Waals surface area contributed by atoms with Gasteiger partial charge in [-0.25, -0.2) is 18.8 Å². The lowest BCUT2D eigenvalue weighted by molar-refractivity contribution is 0.557. The van der Waals surface area contributed by atoms with Crippen molar-refractivity contribution >= 4 is 40.2 Å². The number of hydrogen-bond donors (Lipinski definition) is 0. The van der Waals surface area contributed by atoms with Crippen LogP contribution in [0.2, 0.25) is 10.0 Å². The van der Waals surface area contributed by atoms with Crippen LogP contribution >= 0.6 is 34.5 Å². The van der Waals surface area contributed by atoms with E-state index in [1.807, 2.05) is 26.8 Å². The van der Waals surface area contributed by atoms with Crippen molar-refractivity contribution in [2.45, 2.75) is 19.5 Å². The molecule has 2 heterocycles. The predicted molar refractivity (Wildman–Crippen MR) is 116 cm³/mol. The minimum absolute atomic E-state index is 0.0790. The molecule has 0 amide bonds. The van der Waals surface area contributed by atoms with Gasteiger partial charge in [0.05, 0.1) is 17.0 Å². The number of nitrogens with zero attached hydrogens (tertiary/aromatic N) is 4. The summed E-state index contributed by atoms with van der Waals surface area (Å²) in [5, 5.41) is 2.99.